The summed E-state index contributed by atoms with van der Waals surface area (Å²) in [6.07, 6.45) is 0. The minimum atomic E-state index is -1.05. The van der Waals surface area contributed by atoms with Gasteiger partial charge in [-0.2, -0.15) is 0 Å². The van der Waals surface area contributed by atoms with Crippen LogP contribution in [0.3, 0.4) is 0 Å². The topological polar surface area (TPSA) is 59.4 Å². The number of aromatic nitrogens is 1. The molecular weight excluding hydrogens is 317 g/mol. The van der Waals surface area contributed by atoms with Crippen molar-refractivity contribution in [2.75, 3.05) is 0 Å². The van der Waals surface area contributed by atoms with Gasteiger partial charge in [0.25, 0.3) is 0 Å². The second-order valence-corrected chi connectivity index (χ2v) is 4.62. The van der Waals surface area contributed by atoms with E-state index in [1.807, 2.05) is 0 Å². The van der Waals surface area contributed by atoms with Crippen LogP contribution >= 0.6 is 15.9 Å². The number of hydrogen-bond donors (Lipinski definition) is 1. The molecule has 0 aliphatic heterocycles. The molecule has 0 amide bonds. The number of aromatic carboxylic acids is 1. The number of benzene rings is 1. The number of aryl methyl sites for hydroxylation is 1. The molecule has 0 saturated carbocycles. The molecule has 2 aromatic rings. The van der Waals surface area contributed by atoms with Crippen LogP contribution in [0.4, 0.5) is 4.39 Å². The average Bonchev–Trinajstić information content (AvgIpc) is 2.33. The summed E-state index contributed by atoms with van der Waals surface area (Å²) in [5, 5.41) is 8.89. The number of carbonyl (C=O) groups is 1. The Bertz CT molecular complexity index is 646. The van der Waals surface area contributed by atoms with Crippen molar-refractivity contribution in [1.29, 1.82) is 0 Å². The molecule has 0 aliphatic rings. The number of ether oxygens (including phenoxy) is 1. The zero-order valence-electron chi connectivity index (χ0n) is 9.85. The normalized spacial score (nSPS) is 10.3. The van der Waals surface area contributed by atoms with Gasteiger partial charge in [-0.3, -0.25) is 0 Å². The number of halogens is 2. The molecule has 2 rings (SSSR count). The number of rotatable bonds is 3. The van der Waals surface area contributed by atoms with E-state index in [1.165, 1.54) is 30.3 Å². The number of hydrogen-bond acceptors (Lipinski definition) is 3. The van der Waals surface area contributed by atoms with Gasteiger partial charge in [-0.25, -0.2) is 14.2 Å². The summed E-state index contributed by atoms with van der Waals surface area (Å²) in [6, 6.07) is 6.85. The monoisotopic (exact) mass is 325 g/mol. The van der Waals surface area contributed by atoms with Gasteiger partial charge in [-0.05, 0) is 41.1 Å². The summed E-state index contributed by atoms with van der Waals surface area (Å²) in [5.41, 5.74) is 0.434. The van der Waals surface area contributed by atoms with Gasteiger partial charge in [0.2, 0.25) is 5.88 Å². The lowest BCUT2D eigenvalue weighted by Crippen LogP contribution is -2.02. The highest BCUT2D eigenvalue weighted by Gasteiger charge is 2.11. The van der Waals surface area contributed by atoms with Crippen molar-refractivity contribution >= 4 is 21.9 Å². The van der Waals surface area contributed by atoms with Crippen LogP contribution in [0.1, 0.15) is 16.1 Å². The Morgan fingerprint density at radius 1 is 1.37 bits per heavy atom. The first-order valence-electron chi connectivity index (χ1n) is 5.31. The average molecular weight is 326 g/mol. The van der Waals surface area contributed by atoms with Gasteiger partial charge >= 0.3 is 5.97 Å². The van der Waals surface area contributed by atoms with Crippen molar-refractivity contribution < 1.29 is 19.0 Å². The molecule has 19 heavy (non-hydrogen) atoms. The van der Waals surface area contributed by atoms with Crippen LogP contribution in [0.2, 0.25) is 0 Å². The van der Waals surface area contributed by atoms with Crippen LogP contribution in [0, 0.1) is 12.7 Å². The Hall–Kier alpha value is -1.95. The molecule has 0 spiro atoms. The lowest BCUT2D eigenvalue weighted by molar-refractivity contribution is 0.0695. The highest BCUT2D eigenvalue weighted by Crippen LogP contribution is 2.29. The van der Waals surface area contributed by atoms with E-state index in [-0.39, 0.29) is 17.2 Å². The molecule has 6 heteroatoms. The second kappa shape index (κ2) is 5.36. The molecule has 1 heterocycles. The quantitative estimate of drug-likeness (QED) is 0.932. The summed E-state index contributed by atoms with van der Waals surface area (Å²) in [7, 11) is 0. The smallest absolute Gasteiger partial charge is 0.337 e. The van der Waals surface area contributed by atoms with Crippen LogP contribution in [-0.4, -0.2) is 16.1 Å². The van der Waals surface area contributed by atoms with E-state index >= 15 is 0 Å². The maximum Gasteiger partial charge on any atom is 0.337 e. The standard InChI is InChI=1S/C13H9BrFNO3/c1-7-9(13(17)18)3-5-12(16-7)19-11-6-8(15)2-4-10(11)14/h2-6H,1H3,(H,17,18). The van der Waals surface area contributed by atoms with Gasteiger partial charge < -0.3 is 9.84 Å². The minimum Gasteiger partial charge on any atom is -0.478 e. The first kappa shape index (κ1) is 13.5. The molecule has 0 atom stereocenters. The molecule has 0 radical (unpaired) electrons. The molecule has 0 saturated heterocycles. The number of carboxylic acid groups (broad SMARTS) is 1. The third kappa shape index (κ3) is 3.08. The summed E-state index contributed by atoms with van der Waals surface area (Å²) in [6.45, 7) is 1.57. The van der Waals surface area contributed by atoms with Crippen molar-refractivity contribution in [2.24, 2.45) is 0 Å². The maximum absolute atomic E-state index is 13.1. The first-order valence-corrected chi connectivity index (χ1v) is 6.10. The lowest BCUT2D eigenvalue weighted by Gasteiger charge is -2.08. The van der Waals surface area contributed by atoms with Crippen LogP contribution < -0.4 is 4.74 Å². The van der Waals surface area contributed by atoms with Gasteiger partial charge in [0, 0.05) is 12.1 Å². The molecule has 1 aromatic heterocycles. The van der Waals surface area contributed by atoms with Crippen molar-refractivity contribution in [2.45, 2.75) is 6.92 Å². The number of nitrogens with zero attached hydrogens (tertiary/aromatic N) is 1. The highest BCUT2D eigenvalue weighted by molar-refractivity contribution is 9.10. The highest BCUT2D eigenvalue weighted by atomic mass is 79.9. The Morgan fingerprint density at radius 2 is 2.11 bits per heavy atom. The summed E-state index contributed by atoms with van der Waals surface area (Å²) in [5.74, 6) is -1.01. The molecule has 4 nitrogen and oxygen atoms in total. The van der Waals surface area contributed by atoms with E-state index in [0.717, 1.165) is 0 Å². The van der Waals surface area contributed by atoms with E-state index in [4.69, 9.17) is 9.84 Å². The summed E-state index contributed by atoms with van der Waals surface area (Å²) < 4.78 is 19.1. The van der Waals surface area contributed by atoms with Gasteiger partial charge in [0.1, 0.15) is 11.6 Å². The zero-order valence-corrected chi connectivity index (χ0v) is 11.4. The molecule has 0 bridgehead atoms. The van der Waals surface area contributed by atoms with E-state index in [2.05, 4.69) is 20.9 Å². The van der Waals surface area contributed by atoms with Crippen LogP contribution in [0.25, 0.3) is 0 Å². The first-order chi connectivity index (χ1) is 8.97. The minimum absolute atomic E-state index is 0.102. The fraction of sp³-hybridized carbons (Fsp3) is 0.0769. The van der Waals surface area contributed by atoms with Crippen LogP contribution in [-0.2, 0) is 0 Å². The molecule has 0 unspecified atom stereocenters. The Labute approximate surface area is 117 Å². The summed E-state index contributed by atoms with van der Waals surface area (Å²) >= 11 is 3.23. The fourth-order valence-electron chi connectivity index (χ4n) is 1.49. The van der Waals surface area contributed by atoms with Gasteiger partial charge in [-0.1, -0.05) is 0 Å². The molecule has 1 N–H and O–H groups in total. The summed E-state index contributed by atoms with van der Waals surface area (Å²) in [4.78, 5) is 14.9. The molecular formula is C13H9BrFNO3. The van der Waals surface area contributed by atoms with E-state index < -0.39 is 11.8 Å². The van der Waals surface area contributed by atoms with Gasteiger partial charge in [0.05, 0.1) is 15.7 Å². The zero-order chi connectivity index (χ0) is 14.0. The van der Waals surface area contributed by atoms with Crippen LogP contribution in [0.5, 0.6) is 11.6 Å². The van der Waals surface area contributed by atoms with Gasteiger partial charge in [0.15, 0.2) is 0 Å². The van der Waals surface area contributed by atoms with E-state index in [0.29, 0.717) is 10.2 Å². The van der Waals surface area contributed by atoms with Crippen molar-refractivity contribution in [3.8, 4) is 11.6 Å². The Kier molecular flexibility index (Phi) is 3.80. The molecule has 1 aromatic carbocycles. The SMILES string of the molecule is Cc1nc(Oc2cc(F)ccc2Br)ccc1C(=O)O. The molecule has 98 valence electrons. The van der Waals surface area contributed by atoms with Crippen molar-refractivity contribution in [3.63, 3.8) is 0 Å². The predicted molar refractivity (Wildman–Crippen MR) is 70.1 cm³/mol. The van der Waals surface area contributed by atoms with E-state index in [9.17, 15) is 9.18 Å². The second-order valence-electron chi connectivity index (χ2n) is 3.76. The van der Waals surface area contributed by atoms with Crippen molar-refractivity contribution in [3.05, 3.63) is 51.9 Å². The third-order valence-corrected chi connectivity index (χ3v) is 3.05. The molecule has 0 fully saturated rings. The van der Waals surface area contributed by atoms with Gasteiger partial charge in [-0.15, -0.1) is 0 Å². The maximum atomic E-state index is 13.1. The molecule has 0 aliphatic carbocycles. The largest absolute Gasteiger partial charge is 0.478 e. The Balaban J connectivity index is 2.31. The Morgan fingerprint density at radius 3 is 2.74 bits per heavy atom. The number of carboxylic acids is 1. The predicted octanol–water partition coefficient (Wildman–Crippen LogP) is 3.78. The third-order valence-electron chi connectivity index (χ3n) is 2.40. The lowest BCUT2D eigenvalue weighted by atomic mass is 10.2. The van der Waals surface area contributed by atoms with Crippen LogP contribution in [0.15, 0.2) is 34.8 Å². The van der Waals surface area contributed by atoms with E-state index in [1.54, 1.807) is 6.92 Å². The number of pyridine rings is 1. The van der Waals surface area contributed by atoms with Crippen molar-refractivity contribution in [1.82, 2.24) is 4.98 Å². The fourth-order valence-corrected chi connectivity index (χ4v) is 1.82.